The van der Waals surface area contributed by atoms with E-state index in [1.54, 1.807) is 10.9 Å². The number of nitrogens with zero attached hydrogens (tertiary/aromatic N) is 6. The maximum atomic E-state index is 13.5. The molecular weight excluding hydrogens is 359 g/mol. The third-order valence-electron chi connectivity index (χ3n) is 5.03. The van der Waals surface area contributed by atoms with E-state index >= 15 is 0 Å². The van der Waals surface area contributed by atoms with Crippen LogP contribution in [0.1, 0.15) is 23.2 Å². The van der Waals surface area contributed by atoms with E-state index in [-0.39, 0.29) is 11.9 Å². The van der Waals surface area contributed by atoms with Gasteiger partial charge in [-0.25, -0.2) is 9.07 Å². The Morgan fingerprint density at radius 1 is 1.14 bits per heavy atom. The number of aromatic nitrogens is 4. The van der Waals surface area contributed by atoms with Crippen molar-refractivity contribution in [3.8, 4) is 0 Å². The van der Waals surface area contributed by atoms with Crippen LogP contribution in [0, 0.1) is 5.82 Å². The summed E-state index contributed by atoms with van der Waals surface area (Å²) in [5.74, 6) is 1.25. The first-order valence-electron chi connectivity index (χ1n) is 9.36. The first-order valence-corrected chi connectivity index (χ1v) is 9.36. The average molecular weight is 382 g/mol. The zero-order valence-corrected chi connectivity index (χ0v) is 15.6. The van der Waals surface area contributed by atoms with Crippen molar-refractivity contribution in [2.45, 2.75) is 12.6 Å². The molecule has 1 aromatic carbocycles. The highest BCUT2D eigenvalue weighted by atomic mass is 19.1. The van der Waals surface area contributed by atoms with Gasteiger partial charge in [-0.05, 0) is 40.3 Å². The van der Waals surface area contributed by atoms with E-state index in [1.807, 2.05) is 30.3 Å². The Bertz CT molecular complexity index is 884. The Labute approximate surface area is 163 Å². The molecular formula is C20H23FN6O. The van der Waals surface area contributed by atoms with E-state index in [0.717, 1.165) is 49.9 Å². The standard InChI is InChI=1S/C20H23FN6O/c1-2-9-25-10-12-26(13-11-25)19(16-5-7-17(21)8-6-16)20-22-23-24-27(20)15-18-4-3-14-28-18/h2-8,14,19H,1,9-13,15H2/t19-/m1/s1. The lowest BCUT2D eigenvalue weighted by Gasteiger charge is -2.38. The summed E-state index contributed by atoms with van der Waals surface area (Å²) in [6.45, 7) is 8.75. The first-order chi connectivity index (χ1) is 13.7. The second-order valence-corrected chi connectivity index (χ2v) is 6.85. The van der Waals surface area contributed by atoms with E-state index in [9.17, 15) is 4.39 Å². The lowest BCUT2D eigenvalue weighted by atomic mass is 10.0. The fraction of sp³-hybridized carbons (Fsp3) is 0.350. The summed E-state index contributed by atoms with van der Waals surface area (Å²) in [4.78, 5) is 4.70. The fourth-order valence-corrected chi connectivity index (χ4v) is 3.63. The van der Waals surface area contributed by atoms with Crippen LogP contribution in [0.4, 0.5) is 4.39 Å². The van der Waals surface area contributed by atoms with Crippen molar-refractivity contribution in [1.82, 2.24) is 30.0 Å². The second-order valence-electron chi connectivity index (χ2n) is 6.85. The minimum atomic E-state index is -0.256. The van der Waals surface area contributed by atoms with Gasteiger partial charge >= 0.3 is 0 Å². The Hall–Kier alpha value is -2.84. The van der Waals surface area contributed by atoms with Crippen molar-refractivity contribution >= 4 is 0 Å². The number of benzene rings is 1. The van der Waals surface area contributed by atoms with Gasteiger partial charge in [0.15, 0.2) is 5.82 Å². The lowest BCUT2D eigenvalue weighted by molar-refractivity contribution is 0.112. The number of halogens is 1. The van der Waals surface area contributed by atoms with Crippen LogP contribution in [-0.2, 0) is 6.54 Å². The summed E-state index contributed by atoms with van der Waals surface area (Å²) in [5, 5.41) is 12.4. The van der Waals surface area contributed by atoms with Crippen molar-refractivity contribution < 1.29 is 8.81 Å². The minimum absolute atomic E-state index is 0.156. The molecule has 146 valence electrons. The lowest BCUT2D eigenvalue weighted by Crippen LogP contribution is -2.48. The van der Waals surface area contributed by atoms with Crippen LogP contribution in [0.3, 0.4) is 0 Å². The zero-order chi connectivity index (χ0) is 19.3. The summed E-state index contributed by atoms with van der Waals surface area (Å²) in [7, 11) is 0. The molecule has 3 aromatic rings. The molecule has 0 aliphatic carbocycles. The minimum Gasteiger partial charge on any atom is -0.467 e. The van der Waals surface area contributed by atoms with E-state index in [2.05, 4.69) is 31.9 Å². The van der Waals surface area contributed by atoms with Gasteiger partial charge in [-0.3, -0.25) is 9.80 Å². The Morgan fingerprint density at radius 3 is 2.61 bits per heavy atom. The third-order valence-corrected chi connectivity index (χ3v) is 5.03. The zero-order valence-electron chi connectivity index (χ0n) is 15.6. The summed E-state index contributed by atoms with van der Waals surface area (Å²) >= 11 is 0. The quantitative estimate of drug-likeness (QED) is 0.585. The van der Waals surface area contributed by atoms with Crippen LogP contribution in [0.25, 0.3) is 0 Å². The van der Waals surface area contributed by atoms with Crippen molar-refractivity contribution in [3.63, 3.8) is 0 Å². The van der Waals surface area contributed by atoms with E-state index < -0.39 is 0 Å². The van der Waals surface area contributed by atoms with E-state index in [1.165, 1.54) is 12.1 Å². The highest BCUT2D eigenvalue weighted by molar-refractivity contribution is 5.26. The maximum absolute atomic E-state index is 13.5. The molecule has 1 atom stereocenters. The number of rotatable bonds is 7. The van der Waals surface area contributed by atoms with Gasteiger partial charge < -0.3 is 4.42 Å². The topological polar surface area (TPSA) is 63.2 Å². The van der Waals surface area contributed by atoms with Gasteiger partial charge in [0.25, 0.3) is 0 Å². The molecule has 0 amide bonds. The predicted octanol–water partition coefficient (Wildman–Crippen LogP) is 2.35. The molecule has 1 aliphatic rings. The SMILES string of the molecule is C=CCN1CCN([C@H](c2ccc(F)cc2)c2nnnn2Cc2ccco2)CC1. The van der Waals surface area contributed by atoms with Crippen molar-refractivity contribution in [2.24, 2.45) is 0 Å². The summed E-state index contributed by atoms with van der Waals surface area (Å²) in [5.41, 5.74) is 0.967. The van der Waals surface area contributed by atoms with E-state index in [4.69, 9.17) is 4.42 Å². The van der Waals surface area contributed by atoms with Crippen LogP contribution in [0.2, 0.25) is 0 Å². The molecule has 0 spiro atoms. The molecule has 0 saturated carbocycles. The largest absolute Gasteiger partial charge is 0.467 e. The number of hydrogen-bond donors (Lipinski definition) is 0. The molecule has 0 N–H and O–H groups in total. The van der Waals surface area contributed by atoms with Crippen molar-refractivity contribution in [1.29, 1.82) is 0 Å². The van der Waals surface area contributed by atoms with Gasteiger partial charge in [0.2, 0.25) is 0 Å². The summed E-state index contributed by atoms with van der Waals surface area (Å²) in [6.07, 6.45) is 3.56. The Kier molecular flexibility index (Phi) is 5.59. The van der Waals surface area contributed by atoms with E-state index in [0.29, 0.717) is 6.54 Å². The van der Waals surface area contributed by atoms with Crippen LogP contribution >= 0.6 is 0 Å². The monoisotopic (exact) mass is 382 g/mol. The molecule has 7 nitrogen and oxygen atoms in total. The summed E-state index contributed by atoms with van der Waals surface area (Å²) in [6, 6.07) is 10.2. The predicted molar refractivity (Wildman–Crippen MR) is 102 cm³/mol. The van der Waals surface area contributed by atoms with Gasteiger partial charge in [0, 0.05) is 32.7 Å². The molecule has 28 heavy (non-hydrogen) atoms. The van der Waals surface area contributed by atoms with Crippen molar-refractivity contribution in [2.75, 3.05) is 32.7 Å². The number of piperazine rings is 1. The second kappa shape index (κ2) is 8.45. The normalized spacial score (nSPS) is 16.9. The van der Waals surface area contributed by atoms with Gasteiger partial charge in [-0.1, -0.05) is 18.2 Å². The van der Waals surface area contributed by atoms with Gasteiger partial charge in [0.1, 0.15) is 18.1 Å². The number of tetrazole rings is 1. The highest BCUT2D eigenvalue weighted by Crippen LogP contribution is 2.28. The molecule has 1 saturated heterocycles. The van der Waals surface area contributed by atoms with Crippen LogP contribution < -0.4 is 0 Å². The Balaban J connectivity index is 1.64. The number of furan rings is 1. The molecule has 0 radical (unpaired) electrons. The molecule has 4 rings (SSSR count). The van der Waals surface area contributed by atoms with Crippen LogP contribution in [0.5, 0.6) is 0 Å². The number of hydrogen-bond acceptors (Lipinski definition) is 6. The van der Waals surface area contributed by atoms with Crippen LogP contribution in [-0.4, -0.2) is 62.7 Å². The van der Waals surface area contributed by atoms with Gasteiger partial charge in [-0.2, -0.15) is 0 Å². The van der Waals surface area contributed by atoms with Crippen LogP contribution in [0.15, 0.2) is 59.7 Å². The maximum Gasteiger partial charge on any atom is 0.173 e. The summed E-state index contributed by atoms with van der Waals surface area (Å²) < 4.78 is 20.7. The van der Waals surface area contributed by atoms with Gasteiger partial charge in [0.05, 0.1) is 12.3 Å². The first kappa shape index (κ1) is 18.5. The molecule has 1 fully saturated rings. The molecule has 1 aliphatic heterocycles. The third kappa shape index (κ3) is 4.02. The highest BCUT2D eigenvalue weighted by Gasteiger charge is 2.30. The smallest absolute Gasteiger partial charge is 0.173 e. The molecule has 0 unspecified atom stereocenters. The molecule has 3 heterocycles. The van der Waals surface area contributed by atoms with Crippen molar-refractivity contribution in [3.05, 3.63) is 78.3 Å². The molecule has 0 bridgehead atoms. The average Bonchev–Trinajstić information content (AvgIpc) is 3.38. The Morgan fingerprint density at radius 2 is 1.93 bits per heavy atom. The molecule has 2 aromatic heterocycles. The fourth-order valence-electron chi connectivity index (χ4n) is 3.63. The molecule has 8 heteroatoms. The van der Waals surface area contributed by atoms with Gasteiger partial charge in [-0.15, -0.1) is 11.7 Å².